The van der Waals surface area contributed by atoms with Gasteiger partial charge in [-0.2, -0.15) is 0 Å². The van der Waals surface area contributed by atoms with Crippen molar-refractivity contribution in [2.45, 2.75) is 13.0 Å². The molecule has 1 heterocycles. The summed E-state index contributed by atoms with van der Waals surface area (Å²) in [6, 6.07) is 13.8. The predicted molar refractivity (Wildman–Crippen MR) is 98.4 cm³/mol. The average Bonchev–Trinajstić information content (AvgIpc) is 2.58. The van der Waals surface area contributed by atoms with Crippen LogP contribution in [0.5, 0.6) is 0 Å². The van der Waals surface area contributed by atoms with Gasteiger partial charge in [-0.3, -0.25) is 9.59 Å². The Balaban J connectivity index is 1.78. The molecule has 0 saturated carbocycles. The van der Waals surface area contributed by atoms with E-state index in [9.17, 15) is 9.59 Å². The van der Waals surface area contributed by atoms with Gasteiger partial charge in [0, 0.05) is 33.8 Å². The zero-order valence-electron chi connectivity index (χ0n) is 13.1. The Bertz CT molecular complexity index is 762. The number of nitrogens with zero attached hydrogens (tertiary/aromatic N) is 2. The molecule has 4 nitrogen and oxygen atoms in total. The molecule has 2 aromatic rings. The second kappa shape index (κ2) is 6.95. The highest BCUT2D eigenvalue weighted by molar-refractivity contribution is 9.10. The zero-order valence-corrected chi connectivity index (χ0v) is 15.4. The summed E-state index contributed by atoms with van der Waals surface area (Å²) in [5, 5.41) is 0.628. The molecule has 2 aromatic carbocycles. The minimum Gasteiger partial charge on any atom is -0.325 e. The van der Waals surface area contributed by atoms with E-state index in [4.69, 9.17) is 11.6 Å². The van der Waals surface area contributed by atoms with Gasteiger partial charge in [0.1, 0.15) is 6.04 Å². The van der Waals surface area contributed by atoms with Crippen molar-refractivity contribution in [3.05, 3.63) is 63.6 Å². The molecule has 24 heavy (non-hydrogen) atoms. The molecule has 2 amide bonds. The molecule has 0 aliphatic carbocycles. The molecule has 1 saturated heterocycles. The fourth-order valence-electron chi connectivity index (χ4n) is 2.78. The van der Waals surface area contributed by atoms with Crippen molar-refractivity contribution < 1.29 is 9.59 Å². The van der Waals surface area contributed by atoms with Gasteiger partial charge in [-0.1, -0.05) is 27.5 Å². The monoisotopic (exact) mass is 406 g/mol. The van der Waals surface area contributed by atoms with Crippen molar-refractivity contribution in [3.8, 4) is 0 Å². The highest BCUT2D eigenvalue weighted by Gasteiger charge is 2.35. The fraction of sp³-hybridized carbons (Fsp3) is 0.222. The van der Waals surface area contributed by atoms with Gasteiger partial charge in [0.2, 0.25) is 5.91 Å². The summed E-state index contributed by atoms with van der Waals surface area (Å²) in [4.78, 5) is 28.7. The van der Waals surface area contributed by atoms with Crippen molar-refractivity contribution in [1.82, 2.24) is 4.90 Å². The standard InChI is InChI=1S/C18H16BrClN2O2/c1-12-17(23)22(16-8-6-15(20)7-9-16)11-10-21(12)18(24)13-2-4-14(19)5-3-13/h2-9,12H,10-11H2,1H3/t12-/m1/s1. The van der Waals surface area contributed by atoms with Crippen LogP contribution in [0.3, 0.4) is 0 Å². The number of halogens is 2. The van der Waals surface area contributed by atoms with E-state index in [1.165, 1.54) is 0 Å². The molecule has 1 fully saturated rings. The number of benzene rings is 2. The maximum atomic E-state index is 12.7. The highest BCUT2D eigenvalue weighted by Crippen LogP contribution is 2.23. The van der Waals surface area contributed by atoms with Crippen molar-refractivity contribution >= 4 is 45.0 Å². The van der Waals surface area contributed by atoms with E-state index in [-0.39, 0.29) is 11.8 Å². The van der Waals surface area contributed by atoms with Gasteiger partial charge >= 0.3 is 0 Å². The van der Waals surface area contributed by atoms with Crippen LogP contribution in [0, 0.1) is 0 Å². The second-order valence-electron chi connectivity index (χ2n) is 5.65. The van der Waals surface area contributed by atoms with Crippen molar-refractivity contribution in [1.29, 1.82) is 0 Å². The van der Waals surface area contributed by atoms with Crippen LogP contribution >= 0.6 is 27.5 Å². The zero-order chi connectivity index (χ0) is 17.3. The lowest BCUT2D eigenvalue weighted by Crippen LogP contribution is -2.57. The first-order chi connectivity index (χ1) is 11.5. The van der Waals surface area contributed by atoms with E-state index in [2.05, 4.69) is 15.9 Å². The number of amides is 2. The van der Waals surface area contributed by atoms with Crippen molar-refractivity contribution in [2.75, 3.05) is 18.0 Å². The van der Waals surface area contributed by atoms with Crippen LogP contribution in [-0.2, 0) is 4.79 Å². The van der Waals surface area contributed by atoms with E-state index in [1.807, 2.05) is 24.3 Å². The second-order valence-corrected chi connectivity index (χ2v) is 7.00. The molecule has 0 bridgehead atoms. The summed E-state index contributed by atoms with van der Waals surface area (Å²) in [5.74, 6) is -0.215. The van der Waals surface area contributed by atoms with E-state index in [0.29, 0.717) is 23.7 Å². The van der Waals surface area contributed by atoms with Gasteiger partial charge < -0.3 is 9.80 Å². The Morgan fingerprint density at radius 1 is 1.08 bits per heavy atom. The highest BCUT2D eigenvalue weighted by atomic mass is 79.9. The minimum absolute atomic E-state index is 0.0889. The van der Waals surface area contributed by atoms with E-state index >= 15 is 0 Å². The molecule has 1 aliphatic heterocycles. The van der Waals surface area contributed by atoms with Gasteiger partial charge in [0.25, 0.3) is 5.91 Å². The summed E-state index contributed by atoms with van der Waals surface area (Å²) >= 11 is 9.26. The number of piperazine rings is 1. The molecular formula is C18H16BrClN2O2. The topological polar surface area (TPSA) is 40.6 Å². The first kappa shape index (κ1) is 17.0. The fourth-order valence-corrected chi connectivity index (χ4v) is 3.17. The summed E-state index contributed by atoms with van der Waals surface area (Å²) in [6.07, 6.45) is 0. The van der Waals surface area contributed by atoms with Gasteiger partial charge in [0.15, 0.2) is 0 Å². The van der Waals surface area contributed by atoms with Crippen LogP contribution in [0.25, 0.3) is 0 Å². The SMILES string of the molecule is C[C@@H]1C(=O)N(c2ccc(Cl)cc2)CCN1C(=O)c1ccc(Br)cc1. The minimum atomic E-state index is -0.509. The van der Waals surface area contributed by atoms with Crippen molar-refractivity contribution in [3.63, 3.8) is 0 Å². The molecule has 0 aromatic heterocycles. The van der Waals surface area contributed by atoms with Gasteiger partial charge in [-0.05, 0) is 55.5 Å². The average molecular weight is 408 g/mol. The molecule has 0 N–H and O–H groups in total. The molecule has 124 valence electrons. The number of hydrogen-bond acceptors (Lipinski definition) is 2. The van der Waals surface area contributed by atoms with Crippen LogP contribution in [0.2, 0.25) is 5.02 Å². The lowest BCUT2D eigenvalue weighted by atomic mass is 10.1. The lowest BCUT2D eigenvalue weighted by Gasteiger charge is -2.39. The van der Waals surface area contributed by atoms with Crippen LogP contribution < -0.4 is 4.90 Å². The number of carbonyl (C=O) groups excluding carboxylic acids is 2. The summed E-state index contributed by atoms with van der Waals surface area (Å²) in [6.45, 7) is 2.72. The largest absolute Gasteiger partial charge is 0.325 e. The first-order valence-corrected chi connectivity index (χ1v) is 8.78. The predicted octanol–water partition coefficient (Wildman–Crippen LogP) is 3.98. The molecule has 0 radical (unpaired) electrons. The molecule has 1 atom stereocenters. The molecular weight excluding hydrogens is 392 g/mol. The number of anilines is 1. The number of hydrogen-bond donors (Lipinski definition) is 0. The molecule has 6 heteroatoms. The molecule has 3 rings (SSSR count). The smallest absolute Gasteiger partial charge is 0.254 e. The van der Waals surface area contributed by atoms with E-state index in [0.717, 1.165) is 10.2 Å². The Hall–Kier alpha value is -1.85. The van der Waals surface area contributed by atoms with Gasteiger partial charge in [-0.25, -0.2) is 0 Å². The Kier molecular flexibility index (Phi) is 4.92. The Labute approximate surface area is 154 Å². The van der Waals surface area contributed by atoms with Crippen molar-refractivity contribution in [2.24, 2.45) is 0 Å². The van der Waals surface area contributed by atoms with Gasteiger partial charge in [-0.15, -0.1) is 0 Å². The molecule has 1 aliphatic rings. The first-order valence-electron chi connectivity index (χ1n) is 7.61. The normalized spacial score (nSPS) is 18.0. The summed E-state index contributed by atoms with van der Waals surface area (Å²) in [5.41, 5.74) is 1.38. The third kappa shape index (κ3) is 3.32. The maximum absolute atomic E-state index is 12.7. The third-order valence-corrected chi connectivity index (χ3v) is 4.93. The molecule has 0 spiro atoms. The number of carbonyl (C=O) groups is 2. The quantitative estimate of drug-likeness (QED) is 0.755. The maximum Gasteiger partial charge on any atom is 0.254 e. The Morgan fingerprint density at radius 3 is 2.33 bits per heavy atom. The number of rotatable bonds is 2. The molecule has 0 unspecified atom stereocenters. The van der Waals surface area contributed by atoms with Crippen LogP contribution in [0.4, 0.5) is 5.69 Å². The Morgan fingerprint density at radius 2 is 1.71 bits per heavy atom. The van der Waals surface area contributed by atoms with Crippen LogP contribution in [-0.4, -0.2) is 35.8 Å². The van der Waals surface area contributed by atoms with Crippen LogP contribution in [0.1, 0.15) is 17.3 Å². The van der Waals surface area contributed by atoms with Crippen LogP contribution in [0.15, 0.2) is 53.0 Å². The van der Waals surface area contributed by atoms with E-state index < -0.39 is 6.04 Å². The third-order valence-electron chi connectivity index (χ3n) is 4.15. The lowest BCUT2D eigenvalue weighted by molar-refractivity contribution is -0.124. The van der Waals surface area contributed by atoms with E-state index in [1.54, 1.807) is 41.0 Å². The van der Waals surface area contributed by atoms with Gasteiger partial charge in [0.05, 0.1) is 0 Å². The summed E-state index contributed by atoms with van der Waals surface area (Å²) in [7, 11) is 0. The summed E-state index contributed by atoms with van der Waals surface area (Å²) < 4.78 is 0.913.